The summed E-state index contributed by atoms with van der Waals surface area (Å²) in [7, 11) is -3.98. The minimum absolute atomic E-state index is 0.0493. The summed E-state index contributed by atoms with van der Waals surface area (Å²) in [6, 6.07) is 12.3. The van der Waals surface area contributed by atoms with Gasteiger partial charge in [-0.3, -0.25) is 9.10 Å². The van der Waals surface area contributed by atoms with Crippen LogP contribution in [0.3, 0.4) is 0 Å². The monoisotopic (exact) mass is 428 g/mol. The van der Waals surface area contributed by atoms with Crippen LogP contribution in [0.5, 0.6) is 0 Å². The molecule has 2 rings (SSSR count). The second-order valence-electron chi connectivity index (χ2n) is 6.21. The van der Waals surface area contributed by atoms with Gasteiger partial charge in [-0.05, 0) is 43.7 Å². The Morgan fingerprint density at radius 2 is 1.70 bits per heavy atom. The van der Waals surface area contributed by atoms with Crippen LogP contribution in [0, 0.1) is 0 Å². The predicted octanol–water partition coefficient (Wildman–Crippen LogP) is 4.49. The van der Waals surface area contributed by atoms with Crippen LogP contribution in [-0.4, -0.2) is 26.9 Å². The number of hydrogen-bond acceptors (Lipinski definition) is 3. The number of carbonyl (C=O) groups excluding carboxylic acids is 1. The van der Waals surface area contributed by atoms with Crippen molar-refractivity contribution in [3.63, 3.8) is 0 Å². The van der Waals surface area contributed by atoms with E-state index < -0.39 is 15.9 Å². The van der Waals surface area contributed by atoms with E-state index in [0.29, 0.717) is 0 Å². The molecule has 0 heterocycles. The Morgan fingerprint density at radius 3 is 2.26 bits per heavy atom. The topological polar surface area (TPSA) is 66.5 Å². The van der Waals surface area contributed by atoms with E-state index in [2.05, 4.69) is 5.32 Å². The molecule has 1 atom stereocenters. The first kappa shape index (κ1) is 21.5. The number of sulfonamides is 1. The zero-order chi connectivity index (χ0) is 20.0. The molecule has 2 aromatic carbocycles. The van der Waals surface area contributed by atoms with Crippen LogP contribution in [0.1, 0.15) is 26.7 Å². The first-order valence-corrected chi connectivity index (χ1v) is 10.8. The molecule has 2 aromatic rings. The number of hydrogen-bond donors (Lipinski definition) is 1. The SMILES string of the molecule is CCC[C@@H](C)NC(=O)CN(c1cc(Cl)cc(Cl)c1)S(=O)(=O)c1ccccc1. The van der Waals surface area contributed by atoms with Crippen LogP contribution >= 0.6 is 23.2 Å². The van der Waals surface area contributed by atoms with Gasteiger partial charge < -0.3 is 5.32 Å². The molecule has 0 aliphatic carbocycles. The van der Waals surface area contributed by atoms with Gasteiger partial charge in [-0.25, -0.2) is 8.42 Å². The Labute approximate surface area is 170 Å². The van der Waals surface area contributed by atoms with Crippen LogP contribution in [0.4, 0.5) is 5.69 Å². The maximum absolute atomic E-state index is 13.2. The predicted molar refractivity (Wildman–Crippen MR) is 110 cm³/mol. The molecule has 0 spiro atoms. The third-order valence-electron chi connectivity index (χ3n) is 3.88. The van der Waals surface area contributed by atoms with Gasteiger partial charge >= 0.3 is 0 Å². The Kier molecular flexibility index (Phi) is 7.53. The Bertz CT molecular complexity index is 869. The van der Waals surface area contributed by atoms with Crippen LogP contribution in [0.15, 0.2) is 53.4 Å². The fourth-order valence-electron chi connectivity index (χ4n) is 2.67. The van der Waals surface area contributed by atoms with Gasteiger partial charge in [-0.2, -0.15) is 0 Å². The zero-order valence-electron chi connectivity index (χ0n) is 15.2. The molecule has 1 amide bonds. The molecule has 0 saturated carbocycles. The van der Waals surface area contributed by atoms with E-state index in [1.165, 1.54) is 30.3 Å². The van der Waals surface area contributed by atoms with Gasteiger partial charge in [0.05, 0.1) is 10.6 Å². The van der Waals surface area contributed by atoms with Gasteiger partial charge in [-0.1, -0.05) is 54.7 Å². The molecule has 0 aromatic heterocycles. The van der Waals surface area contributed by atoms with Crippen molar-refractivity contribution in [2.45, 2.75) is 37.6 Å². The summed E-state index contributed by atoms with van der Waals surface area (Å²) >= 11 is 12.1. The summed E-state index contributed by atoms with van der Waals surface area (Å²) in [5.41, 5.74) is 0.231. The summed E-state index contributed by atoms with van der Waals surface area (Å²) in [6.07, 6.45) is 1.72. The summed E-state index contributed by atoms with van der Waals surface area (Å²) in [5.74, 6) is -0.397. The highest BCUT2D eigenvalue weighted by atomic mass is 35.5. The van der Waals surface area contributed by atoms with Crippen molar-refractivity contribution in [1.29, 1.82) is 0 Å². The van der Waals surface area contributed by atoms with E-state index in [1.807, 2.05) is 13.8 Å². The van der Waals surface area contributed by atoms with Crippen molar-refractivity contribution in [2.75, 3.05) is 10.8 Å². The molecule has 5 nitrogen and oxygen atoms in total. The quantitative estimate of drug-likeness (QED) is 0.672. The Morgan fingerprint density at radius 1 is 1.11 bits per heavy atom. The first-order chi connectivity index (χ1) is 12.7. The highest BCUT2D eigenvalue weighted by Gasteiger charge is 2.28. The van der Waals surface area contributed by atoms with Crippen molar-refractivity contribution in [3.8, 4) is 0 Å². The Balaban J connectivity index is 2.41. The number of benzene rings is 2. The van der Waals surface area contributed by atoms with E-state index >= 15 is 0 Å². The normalized spacial score (nSPS) is 12.4. The number of rotatable bonds is 8. The van der Waals surface area contributed by atoms with Crippen LogP contribution < -0.4 is 9.62 Å². The smallest absolute Gasteiger partial charge is 0.264 e. The fraction of sp³-hybridized carbons (Fsp3) is 0.316. The van der Waals surface area contributed by atoms with Gasteiger partial charge in [0, 0.05) is 16.1 Å². The van der Waals surface area contributed by atoms with Gasteiger partial charge in [-0.15, -0.1) is 0 Å². The molecule has 1 N–H and O–H groups in total. The minimum Gasteiger partial charge on any atom is -0.352 e. The molecule has 0 radical (unpaired) electrons. The third-order valence-corrected chi connectivity index (χ3v) is 6.11. The zero-order valence-corrected chi connectivity index (χ0v) is 17.5. The number of anilines is 1. The van der Waals surface area contributed by atoms with Crippen molar-refractivity contribution in [1.82, 2.24) is 5.32 Å². The van der Waals surface area contributed by atoms with Crippen LogP contribution in [0.2, 0.25) is 10.0 Å². The fourth-order valence-corrected chi connectivity index (χ4v) is 4.61. The van der Waals surface area contributed by atoms with Gasteiger partial charge in [0.25, 0.3) is 10.0 Å². The minimum atomic E-state index is -3.98. The lowest BCUT2D eigenvalue weighted by Gasteiger charge is -2.25. The number of carbonyl (C=O) groups is 1. The molecule has 0 bridgehead atoms. The van der Waals surface area contributed by atoms with E-state index in [4.69, 9.17) is 23.2 Å². The lowest BCUT2D eigenvalue weighted by Crippen LogP contribution is -2.43. The second kappa shape index (κ2) is 9.44. The molecule has 27 heavy (non-hydrogen) atoms. The van der Waals surface area contributed by atoms with E-state index in [-0.39, 0.29) is 33.2 Å². The summed E-state index contributed by atoms with van der Waals surface area (Å²) in [5, 5.41) is 3.39. The number of nitrogens with zero attached hydrogens (tertiary/aromatic N) is 1. The van der Waals surface area contributed by atoms with Crippen molar-refractivity contribution in [2.24, 2.45) is 0 Å². The first-order valence-electron chi connectivity index (χ1n) is 8.57. The summed E-state index contributed by atoms with van der Waals surface area (Å²) in [4.78, 5) is 12.6. The highest BCUT2D eigenvalue weighted by molar-refractivity contribution is 7.92. The third kappa shape index (κ3) is 5.86. The molecular formula is C19H22Cl2N2O3S. The summed E-state index contributed by atoms with van der Waals surface area (Å²) in [6.45, 7) is 3.53. The number of nitrogens with one attached hydrogen (secondary N) is 1. The van der Waals surface area contributed by atoms with E-state index in [9.17, 15) is 13.2 Å². The van der Waals surface area contributed by atoms with E-state index in [0.717, 1.165) is 17.1 Å². The van der Waals surface area contributed by atoms with Crippen molar-refractivity contribution in [3.05, 3.63) is 58.6 Å². The molecule has 0 aliphatic heterocycles. The van der Waals surface area contributed by atoms with Crippen LogP contribution in [0.25, 0.3) is 0 Å². The maximum Gasteiger partial charge on any atom is 0.264 e. The van der Waals surface area contributed by atoms with Crippen molar-refractivity contribution >= 4 is 44.8 Å². The van der Waals surface area contributed by atoms with Gasteiger partial charge in [0.2, 0.25) is 5.91 Å². The molecule has 0 aliphatic rings. The number of halogens is 2. The van der Waals surface area contributed by atoms with Gasteiger partial charge in [0.1, 0.15) is 6.54 Å². The molecule has 0 saturated heterocycles. The maximum atomic E-state index is 13.2. The van der Waals surface area contributed by atoms with Crippen molar-refractivity contribution < 1.29 is 13.2 Å². The standard InChI is InChI=1S/C19H22Cl2N2O3S/c1-3-7-14(2)22-19(24)13-23(17-11-15(20)10-16(21)12-17)27(25,26)18-8-5-4-6-9-18/h4-6,8-12,14H,3,7,13H2,1-2H3,(H,22,24)/t14-/m1/s1. The molecule has 8 heteroatoms. The summed E-state index contributed by atoms with van der Waals surface area (Å²) < 4.78 is 27.3. The molecule has 0 unspecified atom stereocenters. The molecule has 146 valence electrons. The van der Waals surface area contributed by atoms with Gasteiger partial charge in [0.15, 0.2) is 0 Å². The lowest BCUT2D eigenvalue weighted by molar-refractivity contribution is -0.120. The largest absolute Gasteiger partial charge is 0.352 e. The second-order valence-corrected chi connectivity index (χ2v) is 8.94. The average molecular weight is 429 g/mol. The average Bonchev–Trinajstić information content (AvgIpc) is 2.59. The number of amides is 1. The molecular weight excluding hydrogens is 407 g/mol. The molecule has 0 fully saturated rings. The van der Waals surface area contributed by atoms with Crippen LogP contribution in [-0.2, 0) is 14.8 Å². The Hall–Kier alpha value is -1.76. The highest BCUT2D eigenvalue weighted by Crippen LogP contribution is 2.29. The van der Waals surface area contributed by atoms with E-state index in [1.54, 1.807) is 18.2 Å². The lowest BCUT2D eigenvalue weighted by atomic mass is 10.2.